The van der Waals surface area contributed by atoms with Gasteiger partial charge in [-0.25, -0.2) is 0 Å². The maximum atomic E-state index is 12.8. The fourth-order valence-electron chi connectivity index (χ4n) is 3.56. The lowest BCUT2D eigenvalue weighted by Crippen LogP contribution is -2.25. The van der Waals surface area contributed by atoms with Gasteiger partial charge in [-0.05, 0) is 29.7 Å². The first kappa shape index (κ1) is 21.2. The fraction of sp³-hybridized carbons (Fsp3) is 0.125. The third kappa shape index (κ3) is 4.50. The summed E-state index contributed by atoms with van der Waals surface area (Å²) in [4.78, 5) is 13.3. The second-order valence-electron chi connectivity index (χ2n) is 6.92. The fourth-order valence-corrected chi connectivity index (χ4v) is 5.86. The van der Waals surface area contributed by atoms with Crippen molar-refractivity contribution in [1.29, 1.82) is 0 Å². The van der Waals surface area contributed by atoms with Crippen LogP contribution in [0, 0.1) is 0 Å². The molecule has 6 heteroatoms. The van der Waals surface area contributed by atoms with Crippen molar-refractivity contribution in [3.05, 3.63) is 104 Å². The summed E-state index contributed by atoms with van der Waals surface area (Å²) in [6.07, 6.45) is 0.773. The van der Waals surface area contributed by atoms with Gasteiger partial charge in [0.15, 0.2) is 0 Å². The minimum absolute atomic E-state index is 0.193. The van der Waals surface area contributed by atoms with E-state index in [0.29, 0.717) is 31.9 Å². The molecule has 0 saturated heterocycles. The van der Waals surface area contributed by atoms with Crippen LogP contribution in [0.5, 0.6) is 0 Å². The average Bonchev–Trinajstić information content (AvgIpc) is 3.09. The third-order valence-electron chi connectivity index (χ3n) is 4.98. The molecule has 1 N–H and O–H groups in total. The molecule has 0 aliphatic carbocycles. The van der Waals surface area contributed by atoms with Gasteiger partial charge < -0.3 is 5.32 Å². The van der Waals surface area contributed by atoms with Crippen molar-refractivity contribution in [2.75, 3.05) is 6.54 Å². The second-order valence-corrected chi connectivity index (χ2v) is 9.20. The number of carbonyl (C=O) groups is 1. The molecule has 30 heavy (non-hydrogen) atoms. The molecule has 1 aromatic heterocycles. The molecule has 4 aromatic rings. The van der Waals surface area contributed by atoms with Crippen LogP contribution < -0.4 is 5.32 Å². The van der Waals surface area contributed by atoms with Gasteiger partial charge in [-0.1, -0.05) is 95.5 Å². The van der Waals surface area contributed by atoms with Gasteiger partial charge in [0.1, 0.15) is 4.88 Å². The number of thiophene rings is 1. The zero-order valence-electron chi connectivity index (χ0n) is 15.9. The number of benzene rings is 3. The third-order valence-corrected chi connectivity index (χ3v) is 7.12. The summed E-state index contributed by atoms with van der Waals surface area (Å²) in [6.45, 7) is 0.520. The Hall–Kier alpha value is -2.04. The highest BCUT2D eigenvalue weighted by atomic mass is 35.5. The first-order valence-corrected chi connectivity index (χ1v) is 11.4. The number of rotatable bonds is 6. The molecule has 0 saturated carbocycles. The van der Waals surface area contributed by atoms with Crippen molar-refractivity contribution in [2.24, 2.45) is 0 Å². The topological polar surface area (TPSA) is 29.1 Å². The molecule has 0 spiro atoms. The minimum Gasteiger partial charge on any atom is -0.351 e. The number of nitrogens with one attached hydrogen (secondary N) is 1. The van der Waals surface area contributed by atoms with E-state index in [1.165, 1.54) is 22.5 Å². The number of hydrogen-bond acceptors (Lipinski definition) is 2. The molecule has 0 atom stereocenters. The Morgan fingerprint density at radius 3 is 2.10 bits per heavy atom. The van der Waals surface area contributed by atoms with Crippen LogP contribution in [0.2, 0.25) is 15.1 Å². The van der Waals surface area contributed by atoms with Gasteiger partial charge in [-0.15, -0.1) is 11.3 Å². The molecule has 2 nitrogen and oxygen atoms in total. The Morgan fingerprint density at radius 1 is 0.900 bits per heavy atom. The molecule has 0 aliphatic rings. The standard InChI is InChI=1S/C24H18Cl3NOS/c25-17-13-19(26)21-20(14-17)30-23(22(21)27)24(29)28-12-11-18(15-7-3-1-4-8-15)16-9-5-2-6-10-16/h1-10,13-14,18H,11-12H2,(H,28,29). The molecule has 0 aliphatic heterocycles. The Balaban J connectivity index is 1.51. The highest BCUT2D eigenvalue weighted by Crippen LogP contribution is 2.41. The minimum atomic E-state index is -0.201. The molecule has 152 valence electrons. The van der Waals surface area contributed by atoms with E-state index in [1.807, 2.05) is 36.4 Å². The van der Waals surface area contributed by atoms with Gasteiger partial charge in [0, 0.05) is 27.6 Å². The normalized spacial score (nSPS) is 11.2. The summed E-state index contributed by atoms with van der Waals surface area (Å²) < 4.78 is 0.800. The van der Waals surface area contributed by atoms with Gasteiger partial charge in [0.05, 0.1) is 10.0 Å². The molecular weight excluding hydrogens is 457 g/mol. The summed E-state index contributed by atoms with van der Waals surface area (Å²) in [5.74, 6) is -0.00732. The summed E-state index contributed by atoms with van der Waals surface area (Å²) in [6, 6.07) is 24.1. The van der Waals surface area contributed by atoms with E-state index in [9.17, 15) is 4.79 Å². The largest absolute Gasteiger partial charge is 0.351 e. The van der Waals surface area contributed by atoms with Gasteiger partial charge in [-0.3, -0.25) is 4.79 Å². The van der Waals surface area contributed by atoms with Crippen LogP contribution in [0.1, 0.15) is 33.1 Å². The molecular formula is C24H18Cl3NOS. The highest BCUT2D eigenvalue weighted by Gasteiger charge is 2.20. The summed E-state index contributed by atoms with van der Waals surface area (Å²) in [5.41, 5.74) is 2.44. The van der Waals surface area contributed by atoms with Crippen molar-refractivity contribution in [1.82, 2.24) is 5.32 Å². The molecule has 0 fully saturated rings. The molecule has 1 heterocycles. The van der Waals surface area contributed by atoms with Gasteiger partial charge in [0.2, 0.25) is 0 Å². The first-order valence-electron chi connectivity index (χ1n) is 9.49. The van der Waals surface area contributed by atoms with Crippen LogP contribution >= 0.6 is 46.1 Å². The zero-order chi connectivity index (χ0) is 21.1. The van der Waals surface area contributed by atoms with E-state index in [0.717, 1.165) is 11.1 Å². The van der Waals surface area contributed by atoms with Crippen LogP contribution in [0.15, 0.2) is 72.8 Å². The van der Waals surface area contributed by atoms with Crippen molar-refractivity contribution < 1.29 is 4.79 Å². The molecule has 1 amide bonds. The summed E-state index contributed by atoms with van der Waals surface area (Å²) >= 11 is 20.1. The van der Waals surface area contributed by atoms with E-state index in [1.54, 1.807) is 12.1 Å². The first-order chi connectivity index (χ1) is 14.5. The number of hydrogen-bond donors (Lipinski definition) is 1. The Kier molecular flexibility index (Phi) is 6.64. The Bertz CT molecular complexity index is 1140. The van der Waals surface area contributed by atoms with Crippen LogP contribution in [-0.2, 0) is 0 Å². The zero-order valence-corrected chi connectivity index (χ0v) is 19.0. The van der Waals surface area contributed by atoms with Crippen molar-refractivity contribution in [3.8, 4) is 0 Å². The second kappa shape index (κ2) is 9.40. The summed E-state index contributed by atoms with van der Waals surface area (Å²) in [7, 11) is 0. The molecule has 0 bridgehead atoms. The Morgan fingerprint density at radius 2 is 1.50 bits per heavy atom. The highest BCUT2D eigenvalue weighted by molar-refractivity contribution is 7.21. The quantitative estimate of drug-likeness (QED) is 0.303. The van der Waals surface area contributed by atoms with Crippen molar-refractivity contribution in [2.45, 2.75) is 12.3 Å². The molecule has 4 rings (SSSR count). The van der Waals surface area contributed by atoms with E-state index in [-0.39, 0.29) is 11.8 Å². The smallest absolute Gasteiger partial charge is 0.262 e. The van der Waals surface area contributed by atoms with Crippen LogP contribution in [0.4, 0.5) is 0 Å². The van der Waals surface area contributed by atoms with Gasteiger partial charge >= 0.3 is 0 Å². The predicted octanol–water partition coefficient (Wildman–Crippen LogP) is 7.81. The predicted molar refractivity (Wildman–Crippen MR) is 129 cm³/mol. The monoisotopic (exact) mass is 473 g/mol. The van der Waals surface area contributed by atoms with Crippen LogP contribution in [-0.4, -0.2) is 12.5 Å². The number of amides is 1. The van der Waals surface area contributed by atoms with Crippen LogP contribution in [0.3, 0.4) is 0 Å². The molecule has 3 aromatic carbocycles. The van der Waals surface area contributed by atoms with Gasteiger partial charge in [-0.2, -0.15) is 0 Å². The SMILES string of the molecule is O=C(NCCC(c1ccccc1)c1ccccc1)c1sc2cc(Cl)cc(Cl)c2c1Cl. The lowest BCUT2D eigenvalue weighted by Gasteiger charge is -2.18. The average molecular weight is 475 g/mol. The number of fused-ring (bicyclic) bond motifs is 1. The van der Waals surface area contributed by atoms with E-state index in [4.69, 9.17) is 34.8 Å². The Labute approximate surface area is 194 Å². The van der Waals surface area contributed by atoms with E-state index < -0.39 is 0 Å². The maximum Gasteiger partial charge on any atom is 0.262 e. The lowest BCUT2D eigenvalue weighted by molar-refractivity contribution is 0.0957. The van der Waals surface area contributed by atoms with Crippen molar-refractivity contribution >= 4 is 62.1 Å². The molecule has 0 radical (unpaired) electrons. The van der Waals surface area contributed by atoms with Crippen molar-refractivity contribution in [3.63, 3.8) is 0 Å². The number of halogens is 3. The maximum absolute atomic E-state index is 12.8. The lowest BCUT2D eigenvalue weighted by atomic mass is 9.88. The summed E-state index contributed by atoms with van der Waals surface area (Å²) in [5, 5.41) is 5.03. The van der Waals surface area contributed by atoms with Crippen LogP contribution in [0.25, 0.3) is 10.1 Å². The van der Waals surface area contributed by atoms with E-state index in [2.05, 4.69) is 29.6 Å². The van der Waals surface area contributed by atoms with Gasteiger partial charge in [0.25, 0.3) is 5.91 Å². The van der Waals surface area contributed by atoms with E-state index >= 15 is 0 Å². The molecule has 0 unspecified atom stereocenters. The number of carbonyl (C=O) groups excluding carboxylic acids is 1.